The molecule has 3 nitrogen and oxygen atoms in total. The number of nitrogens with zero attached hydrogens (tertiary/aromatic N) is 1. The van der Waals surface area contributed by atoms with Crippen molar-refractivity contribution < 1.29 is 4.42 Å². The zero-order chi connectivity index (χ0) is 14.5. The quantitative estimate of drug-likeness (QED) is 0.858. The number of rotatable bonds is 6. The second-order valence-corrected chi connectivity index (χ2v) is 6.65. The molecule has 2 rings (SSSR count). The van der Waals surface area contributed by atoms with E-state index in [9.17, 15) is 0 Å². The first kappa shape index (κ1) is 15.6. The first-order valence-electron chi connectivity index (χ1n) is 8.06. The summed E-state index contributed by atoms with van der Waals surface area (Å²) in [4.78, 5) is 2.52. The maximum Gasteiger partial charge on any atom is 0.122 e. The molecule has 0 radical (unpaired) electrons. The van der Waals surface area contributed by atoms with Gasteiger partial charge in [0.1, 0.15) is 5.76 Å². The van der Waals surface area contributed by atoms with Gasteiger partial charge >= 0.3 is 0 Å². The molecule has 1 aliphatic carbocycles. The zero-order valence-electron chi connectivity index (χ0n) is 13.5. The summed E-state index contributed by atoms with van der Waals surface area (Å²) in [6.07, 6.45) is 7.33. The average Bonchev–Trinajstić information content (AvgIpc) is 2.84. The molecule has 2 unspecified atom stereocenters. The van der Waals surface area contributed by atoms with Crippen molar-refractivity contribution in [2.45, 2.75) is 71.6 Å². The van der Waals surface area contributed by atoms with Crippen molar-refractivity contribution in [1.29, 1.82) is 0 Å². The standard InChI is InChI=1S/C17H30N2O/c1-13(2)18-11-17-15(9-10-20-17)12-19(4)16-8-6-5-7-14(16)3/h9-10,13-14,16,18H,5-8,11-12H2,1-4H3. The van der Waals surface area contributed by atoms with E-state index in [0.29, 0.717) is 6.04 Å². The van der Waals surface area contributed by atoms with Gasteiger partial charge in [0, 0.05) is 24.2 Å². The van der Waals surface area contributed by atoms with Gasteiger partial charge in [-0.2, -0.15) is 0 Å². The minimum absolute atomic E-state index is 0.490. The van der Waals surface area contributed by atoms with Gasteiger partial charge in [0.15, 0.2) is 0 Å². The maximum absolute atomic E-state index is 5.64. The molecule has 1 heterocycles. The normalized spacial score (nSPS) is 23.7. The highest BCUT2D eigenvalue weighted by Crippen LogP contribution is 2.28. The van der Waals surface area contributed by atoms with Crippen LogP contribution >= 0.6 is 0 Å². The van der Waals surface area contributed by atoms with Crippen LogP contribution < -0.4 is 5.32 Å². The molecule has 114 valence electrons. The minimum atomic E-state index is 0.490. The van der Waals surface area contributed by atoms with Crippen LogP contribution in [-0.4, -0.2) is 24.0 Å². The van der Waals surface area contributed by atoms with Crippen molar-refractivity contribution >= 4 is 0 Å². The Labute approximate surface area is 123 Å². The maximum atomic E-state index is 5.64. The Morgan fingerprint density at radius 1 is 1.35 bits per heavy atom. The largest absolute Gasteiger partial charge is 0.468 e. The number of furan rings is 1. The molecule has 0 bridgehead atoms. The van der Waals surface area contributed by atoms with Crippen LogP contribution in [0.25, 0.3) is 0 Å². The molecule has 1 fully saturated rings. The van der Waals surface area contributed by atoms with Crippen LogP contribution in [0.1, 0.15) is 57.8 Å². The molecule has 20 heavy (non-hydrogen) atoms. The molecular weight excluding hydrogens is 248 g/mol. The lowest BCUT2D eigenvalue weighted by atomic mass is 9.85. The fourth-order valence-corrected chi connectivity index (χ4v) is 3.30. The number of nitrogens with one attached hydrogen (secondary N) is 1. The highest BCUT2D eigenvalue weighted by atomic mass is 16.3. The Kier molecular flexibility index (Phi) is 5.67. The minimum Gasteiger partial charge on any atom is -0.468 e. The summed E-state index contributed by atoms with van der Waals surface area (Å²) in [6.45, 7) is 8.56. The summed E-state index contributed by atoms with van der Waals surface area (Å²) in [5.74, 6) is 1.91. The summed E-state index contributed by atoms with van der Waals surface area (Å²) < 4.78 is 5.64. The molecule has 0 aliphatic heterocycles. The van der Waals surface area contributed by atoms with Crippen molar-refractivity contribution in [2.75, 3.05) is 7.05 Å². The van der Waals surface area contributed by atoms with Crippen LogP contribution in [0.5, 0.6) is 0 Å². The molecule has 0 amide bonds. The Balaban J connectivity index is 1.93. The highest BCUT2D eigenvalue weighted by Gasteiger charge is 2.25. The fraction of sp³-hybridized carbons (Fsp3) is 0.765. The zero-order valence-corrected chi connectivity index (χ0v) is 13.5. The van der Waals surface area contributed by atoms with Gasteiger partial charge in [-0.3, -0.25) is 4.90 Å². The summed E-state index contributed by atoms with van der Waals surface area (Å²) in [5, 5.41) is 3.44. The highest BCUT2D eigenvalue weighted by molar-refractivity contribution is 5.17. The molecule has 0 aromatic carbocycles. The number of hydrogen-bond donors (Lipinski definition) is 1. The van der Waals surface area contributed by atoms with Crippen LogP contribution in [0.15, 0.2) is 16.7 Å². The topological polar surface area (TPSA) is 28.4 Å². The first-order valence-corrected chi connectivity index (χ1v) is 8.06. The van der Waals surface area contributed by atoms with E-state index in [-0.39, 0.29) is 0 Å². The molecule has 2 atom stereocenters. The van der Waals surface area contributed by atoms with E-state index >= 15 is 0 Å². The van der Waals surface area contributed by atoms with Crippen molar-refractivity contribution in [3.05, 3.63) is 23.7 Å². The number of hydrogen-bond acceptors (Lipinski definition) is 3. The lowest BCUT2D eigenvalue weighted by Gasteiger charge is -2.36. The van der Waals surface area contributed by atoms with Crippen molar-refractivity contribution in [2.24, 2.45) is 5.92 Å². The van der Waals surface area contributed by atoms with Crippen molar-refractivity contribution in [1.82, 2.24) is 10.2 Å². The molecule has 1 N–H and O–H groups in total. The molecule has 3 heteroatoms. The van der Waals surface area contributed by atoms with Crippen molar-refractivity contribution in [3.63, 3.8) is 0 Å². The molecule has 1 aromatic rings. The molecule has 0 saturated heterocycles. The average molecular weight is 278 g/mol. The van der Waals surface area contributed by atoms with Gasteiger partial charge in [-0.05, 0) is 31.9 Å². The lowest BCUT2D eigenvalue weighted by Crippen LogP contribution is -2.38. The van der Waals surface area contributed by atoms with Crippen LogP contribution in [0.4, 0.5) is 0 Å². The lowest BCUT2D eigenvalue weighted by molar-refractivity contribution is 0.132. The summed E-state index contributed by atoms with van der Waals surface area (Å²) in [5.41, 5.74) is 1.33. The van der Waals surface area contributed by atoms with Gasteiger partial charge in [-0.25, -0.2) is 0 Å². The smallest absolute Gasteiger partial charge is 0.122 e. The van der Waals surface area contributed by atoms with Gasteiger partial charge in [0.05, 0.1) is 12.8 Å². The Bertz CT molecular complexity index is 399. The summed E-state index contributed by atoms with van der Waals surface area (Å²) in [6, 6.07) is 3.34. The second kappa shape index (κ2) is 7.28. The molecule has 1 saturated carbocycles. The Morgan fingerprint density at radius 3 is 2.80 bits per heavy atom. The molecule has 0 spiro atoms. The third-order valence-electron chi connectivity index (χ3n) is 4.56. The predicted molar refractivity (Wildman–Crippen MR) is 83.6 cm³/mol. The van der Waals surface area contributed by atoms with Gasteiger partial charge in [-0.1, -0.05) is 33.6 Å². The van der Waals surface area contributed by atoms with E-state index in [1.807, 2.05) is 6.26 Å². The Morgan fingerprint density at radius 2 is 2.10 bits per heavy atom. The van der Waals surface area contributed by atoms with Gasteiger partial charge in [0.25, 0.3) is 0 Å². The monoisotopic (exact) mass is 278 g/mol. The SMILES string of the molecule is CC(C)NCc1occc1CN(C)C1CCCCC1C. The fourth-order valence-electron chi connectivity index (χ4n) is 3.30. The van der Waals surface area contributed by atoms with E-state index in [0.717, 1.165) is 30.8 Å². The third-order valence-corrected chi connectivity index (χ3v) is 4.56. The second-order valence-electron chi connectivity index (χ2n) is 6.65. The van der Waals surface area contributed by atoms with E-state index in [1.54, 1.807) is 0 Å². The summed E-state index contributed by atoms with van der Waals surface area (Å²) in [7, 11) is 2.26. The van der Waals surface area contributed by atoms with Crippen LogP contribution in [0.3, 0.4) is 0 Å². The van der Waals surface area contributed by atoms with E-state index < -0.39 is 0 Å². The van der Waals surface area contributed by atoms with Crippen LogP contribution in [0, 0.1) is 5.92 Å². The molecular formula is C17H30N2O. The van der Waals surface area contributed by atoms with E-state index in [4.69, 9.17) is 4.42 Å². The molecule has 1 aromatic heterocycles. The summed E-state index contributed by atoms with van der Waals surface area (Å²) >= 11 is 0. The van der Waals surface area contributed by atoms with E-state index in [2.05, 4.69) is 44.1 Å². The van der Waals surface area contributed by atoms with Gasteiger partial charge in [0.2, 0.25) is 0 Å². The predicted octanol–water partition coefficient (Wildman–Crippen LogP) is 3.79. The van der Waals surface area contributed by atoms with E-state index in [1.165, 1.54) is 31.2 Å². The third kappa shape index (κ3) is 4.10. The van der Waals surface area contributed by atoms with Crippen LogP contribution in [-0.2, 0) is 13.1 Å². The first-order chi connectivity index (χ1) is 9.58. The van der Waals surface area contributed by atoms with Gasteiger partial charge < -0.3 is 9.73 Å². The van der Waals surface area contributed by atoms with Crippen molar-refractivity contribution in [3.8, 4) is 0 Å². The van der Waals surface area contributed by atoms with Gasteiger partial charge in [-0.15, -0.1) is 0 Å². The van der Waals surface area contributed by atoms with Crippen LogP contribution in [0.2, 0.25) is 0 Å². The Hall–Kier alpha value is -0.800. The molecule has 1 aliphatic rings.